The minimum Gasteiger partial charge on any atom is -0.493 e. The van der Waals surface area contributed by atoms with E-state index in [4.69, 9.17) is 9.47 Å². The van der Waals surface area contributed by atoms with Crippen molar-refractivity contribution in [3.05, 3.63) is 17.7 Å². The Labute approximate surface area is 116 Å². The van der Waals surface area contributed by atoms with Crippen molar-refractivity contribution < 1.29 is 19.1 Å². The number of methoxy groups -OCH3 is 1. The van der Waals surface area contributed by atoms with Gasteiger partial charge in [0, 0.05) is 13.3 Å². The summed E-state index contributed by atoms with van der Waals surface area (Å²) in [7, 11) is 1.52. The average Bonchev–Trinajstić information content (AvgIpc) is 2.44. The number of nitrogens with zero attached hydrogens (tertiary/aromatic N) is 1. The van der Waals surface area contributed by atoms with Crippen LogP contribution < -0.4 is 14.9 Å². The SMILES string of the molecule is COc1ccc(N/N=C(/C)C(C)=O)c2c1OCCC2=O. The van der Waals surface area contributed by atoms with Gasteiger partial charge in [0.05, 0.1) is 25.0 Å². The second-order valence-corrected chi connectivity index (χ2v) is 4.41. The standard InChI is InChI=1S/C14H16N2O4/c1-8(9(2)17)15-16-10-4-5-12(19-3)14-13(10)11(18)6-7-20-14/h4-5,16H,6-7H2,1-3H3/b15-8-. The lowest BCUT2D eigenvalue weighted by Crippen LogP contribution is -2.18. The molecule has 1 heterocycles. The van der Waals surface area contributed by atoms with E-state index in [9.17, 15) is 9.59 Å². The Morgan fingerprint density at radius 3 is 2.80 bits per heavy atom. The number of Topliss-reactive ketones (excluding diaryl/α,β-unsaturated/α-hetero) is 2. The molecule has 1 N–H and O–H groups in total. The number of carbonyl (C=O) groups excluding carboxylic acids is 2. The lowest BCUT2D eigenvalue weighted by atomic mass is 10.0. The Morgan fingerprint density at radius 2 is 2.15 bits per heavy atom. The first-order chi connectivity index (χ1) is 9.54. The molecule has 0 saturated carbocycles. The van der Waals surface area contributed by atoms with E-state index < -0.39 is 0 Å². The van der Waals surface area contributed by atoms with Crippen LogP contribution in [-0.4, -0.2) is 31.0 Å². The van der Waals surface area contributed by atoms with Crippen LogP contribution in [0.3, 0.4) is 0 Å². The Hall–Kier alpha value is -2.37. The van der Waals surface area contributed by atoms with Gasteiger partial charge in [0.1, 0.15) is 5.71 Å². The molecule has 1 aliphatic heterocycles. The average molecular weight is 276 g/mol. The third-order valence-electron chi connectivity index (χ3n) is 3.05. The summed E-state index contributed by atoms with van der Waals surface area (Å²) >= 11 is 0. The molecule has 1 aromatic carbocycles. The molecule has 0 radical (unpaired) electrons. The number of anilines is 1. The molecule has 0 fully saturated rings. The third kappa shape index (κ3) is 2.64. The quantitative estimate of drug-likeness (QED) is 0.672. The molecule has 0 aromatic heterocycles. The van der Waals surface area contributed by atoms with E-state index >= 15 is 0 Å². The van der Waals surface area contributed by atoms with E-state index in [0.29, 0.717) is 41.5 Å². The van der Waals surface area contributed by atoms with Gasteiger partial charge in [0.25, 0.3) is 0 Å². The molecule has 1 aliphatic rings. The molecule has 0 amide bonds. The normalized spacial score (nSPS) is 14.3. The molecular weight excluding hydrogens is 260 g/mol. The lowest BCUT2D eigenvalue weighted by molar-refractivity contribution is -0.111. The molecule has 0 atom stereocenters. The van der Waals surface area contributed by atoms with Crippen LogP contribution in [0.25, 0.3) is 0 Å². The van der Waals surface area contributed by atoms with Crippen molar-refractivity contribution in [1.82, 2.24) is 0 Å². The first-order valence-corrected chi connectivity index (χ1v) is 6.22. The topological polar surface area (TPSA) is 77.0 Å². The van der Waals surface area contributed by atoms with Crippen molar-refractivity contribution in [3.8, 4) is 11.5 Å². The molecule has 6 heteroatoms. The highest BCUT2D eigenvalue weighted by atomic mass is 16.5. The Bertz CT molecular complexity index is 593. The molecule has 0 unspecified atom stereocenters. The summed E-state index contributed by atoms with van der Waals surface area (Å²) in [5.41, 5.74) is 4.00. The molecule has 2 rings (SSSR count). The zero-order chi connectivity index (χ0) is 14.7. The fraction of sp³-hybridized carbons (Fsp3) is 0.357. The summed E-state index contributed by atoms with van der Waals surface area (Å²) in [6.07, 6.45) is 0.310. The van der Waals surface area contributed by atoms with Gasteiger partial charge >= 0.3 is 0 Å². The van der Waals surface area contributed by atoms with Crippen molar-refractivity contribution in [2.75, 3.05) is 19.1 Å². The molecule has 0 spiro atoms. The van der Waals surface area contributed by atoms with Crippen molar-refractivity contribution in [3.63, 3.8) is 0 Å². The van der Waals surface area contributed by atoms with Gasteiger partial charge in [0.15, 0.2) is 23.1 Å². The van der Waals surface area contributed by atoms with Gasteiger partial charge in [-0.2, -0.15) is 5.10 Å². The molecule has 20 heavy (non-hydrogen) atoms. The summed E-state index contributed by atoms with van der Waals surface area (Å²) < 4.78 is 10.7. The number of rotatable bonds is 4. The first kappa shape index (κ1) is 14.0. The van der Waals surface area contributed by atoms with E-state index in [2.05, 4.69) is 10.5 Å². The maximum atomic E-state index is 12.1. The van der Waals surface area contributed by atoms with Gasteiger partial charge in [-0.1, -0.05) is 0 Å². The number of fused-ring (bicyclic) bond motifs is 1. The van der Waals surface area contributed by atoms with Crippen molar-refractivity contribution in [2.24, 2.45) is 5.10 Å². The summed E-state index contributed by atoms with van der Waals surface area (Å²) in [5.74, 6) is 0.751. The van der Waals surface area contributed by atoms with Gasteiger partial charge in [-0.15, -0.1) is 0 Å². The largest absolute Gasteiger partial charge is 0.493 e. The van der Waals surface area contributed by atoms with Crippen LogP contribution in [0.4, 0.5) is 5.69 Å². The van der Waals surface area contributed by atoms with Crippen LogP contribution in [0.1, 0.15) is 30.6 Å². The van der Waals surface area contributed by atoms with Crippen LogP contribution >= 0.6 is 0 Å². The van der Waals surface area contributed by atoms with Crippen molar-refractivity contribution in [2.45, 2.75) is 20.3 Å². The van der Waals surface area contributed by atoms with Gasteiger partial charge in [-0.05, 0) is 19.1 Å². The van der Waals surface area contributed by atoms with Crippen molar-refractivity contribution >= 4 is 23.0 Å². The van der Waals surface area contributed by atoms with Crippen LogP contribution in [0, 0.1) is 0 Å². The smallest absolute Gasteiger partial charge is 0.175 e. The number of nitrogens with one attached hydrogen (secondary N) is 1. The molecule has 106 valence electrons. The number of carbonyl (C=O) groups is 2. The Kier molecular flexibility index (Phi) is 4.02. The highest BCUT2D eigenvalue weighted by molar-refractivity contribution is 6.38. The van der Waals surface area contributed by atoms with E-state index in [0.717, 1.165) is 0 Å². The maximum absolute atomic E-state index is 12.1. The molecular formula is C14H16N2O4. The first-order valence-electron chi connectivity index (χ1n) is 6.22. The number of hydrazone groups is 1. The zero-order valence-electron chi connectivity index (χ0n) is 11.6. The predicted octanol–water partition coefficient (Wildman–Crippen LogP) is 2.04. The van der Waals surface area contributed by atoms with Crippen molar-refractivity contribution in [1.29, 1.82) is 0 Å². The molecule has 0 saturated heterocycles. The second-order valence-electron chi connectivity index (χ2n) is 4.41. The van der Waals surface area contributed by atoms with Gasteiger partial charge in [-0.25, -0.2) is 0 Å². The second kappa shape index (κ2) is 5.73. The maximum Gasteiger partial charge on any atom is 0.175 e. The Morgan fingerprint density at radius 1 is 1.40 bits per heavy atom. The van der Waals surface area contributed by atoms with Crippen LogP contribution in [0.15, 0.2) is 17.2 Å². The molecule has 1 aromatic rings. The number of hydrogen-bond donors (Lipinski definition) is 1. The van der Waals surface area contributed by atoms with Crippen LogP contribution in [0.2, 0.25) is 0 Å². The van der Waals surface area contributed by atoms with E-state index in [1.807, 2.05) is 0 Å². The zero-order valence-corrected chi connectivity index (χ0v) is 11.6. The Balaban J connectivity index is 2.42. The predicted molar refractivity (Wildman–Crippen MR) is 74.8 cm³/mol. The lowest BCUT2D eigenvalue weighted by Gasteiger charge is -2.21. The number of benzene rings is 1. The highest BCUT2D eigenvalue weighted by Gasteiger charge is 2.25. The summed E-state index contributed by atoms with van der Waals surface area (Å²) in [6.45, 7) is 3.36. The van der Waals surface area contributed by atoms with Gasteiger partial charge < -0.3 is 9.47 Å². The number of ketones is 2. The summed E-state index contributed by atoms with van der Waals surface area (Å²) in [4.78, 5) is 23.2. The van der Waals surface area contributed by atoms with E-state index in [1.165, 1.54) is 14.0 Å². The molecule has 0 aliphatic carbocycles. The monoisotopic (exact) mass is 276 g/mol. The summed E-state index contributed by atoms with van der Waals surface area (Å²) in [5, 5.41) is 3.96. The fourth-order valence-electron chi connectivity index (χ4n) is 1.83. The minimum atomic E-state index is -0.137. The number of ether oxygens (including phenoxy) is 2. The number of hydrogen-bond acceptors (Lipinski definition) is 6. The molecule has 0 bridgehead atoms. The minimum absolute atomic E-state index is 0.0386. The molecule has 6 nitrogen and oxygen atoms in total. The fourth-order valence-corrected chi connectivity index (χ4v) is 1.83. The van der Waals surface area contributed by atoms with E-state index in [-0.39, 0.29) is 11.6 Å². The van der Waals surface area contributed by atoms with E-state index in [1.54, 1.807) is 19.1 Å². The van der Waals surface area contributed by atoms with Gasteiger partial charge in [-0.3, -0.25) is 15.0 Å². The third-order valence-corrected chi connectivity index (χ3v) is 3.05. The summed E-state index contributed by atoms with van der Waals surface area (Å²) in [6, 6.07) is 3.37. The van der Waals surface area contributed by atoms with Crippen LogP contribution in [0.5, 0.6) is 11.5 Å². The highest BCUT2D eigenvalue weighted by Crippen LogP contribution is 2.39. The van der Waals surface area contributed by atoms with Crippen LogP contribution in [-0.2, 0) is 4.79 Å². The van der Waals surface area contributed by atoms with Gasteiger partial charge in [0.2, 0.25) is 0 Å².